The van der Waals surface area contributed by atoms with E-state index in [0.29, 0.717) is 0 Å². The number of hydrogen-bond acceptors (Lipinski definition) is 1. The lowest BCUT2D eigenvalue weighted by Gasteiger charge is -2.21. The molecule has 0 radical (unpaired) electrons. The molecule has 0 saturated carbocycles. The Morgan fingerprint density at radius 3 is 2.05 bits per heavy atom. The molecule has 2 aromatic rings. The lowest BCUT2D eigenvalue weighted by molar-refractivity contribution is 0.862. The van der Waals surface area contributed by atoms with Gasteiger partial charge in [0.1, 0.15) is 0 Å². The van der Waals surface area contributed by atoms with Gasteiger partial charge in [-0.25, -0.2) is 0 Å². The Bertz CT molecular complexity index is 608. The van der Waals surface area contributed by atoms with Gasteiger partial charge in [-0.05, 0) is 69.0 Å². The van der Waals surface area contributed by atoms with Gasteiger partial charge < -0.3 is 5.32 Å². The fraction of sp³-hybridized carbons (Fsp3) is 0.333. The van der Waals surface area contributed by atoms with Crippen LogP contribution in [0.3, 0.4) is 0 Å². The fourth-order valence-electron chi connectivity index (χ4n) is 2.92. The molecule has 106 valence electrons. The molecule has 0 aromatic heterocycles. The molecule has 1 atom stereocenters. The predicted molar refractivity (Wildman–Crippen MR) is 88.9 cm³/mol. The SMILES string of the molecule is Cc1cc(C)c(C(C)Nc2ccc(C)cc2Cl)c(C)c1. The maximum absolute atomic E-state index is 6.30. The first kappa shape index (κ1) is 14.9. The molecule has 0 heterocycles. The summed E-state index contributed by atoms with van der Waals surface area (Å²) in [4.78, 5) is 0. The third kappa shape index (κ3) is 3.16. The highest BCUT2D eigenvalue weighted by Crippen LogP contribution is 2.30. The zero-order valence-corrected chi connectivity index (χ0v) is 13.6. The van der Waals surface area contributed by atoms with Crippen molar-refractivity contribution in [1.82, 2.24) is 0 Å². The van der Waals surface area contributed by atoms with Crippen LogP contribution in [-0.2, 0) is 0 Å². The summed E-state index contributed by atoms with van der Waals surface area (Å²) in [7, 11) is 0. The Morgan fingerprint density at radius 2 is 1.50 bits per heavy atom. The molecular weight excluding hydrogens is 266 g/mol. The minimum atomic E-state index is 0.232. The van der Waals surface area contributed by atoms with Gasteiger partial charge in [0, 0.05) is 6.04 Å². The van der Waals surface area contributed by atoms with Gasteiger partial charge in [0.05, 0.1) is 10.7 Å². The van der Waals surface area contributed by atoms with Crippen LogP contribution in [0.2, 0.25) is 5.02 Å². The molecule has 2 heteroatoms. The lowest BCUT2D eigenvalue weighted by Crippen LogP contribution is -2.10. The normalized spacial score (nSPS) is 12.3. The topological polar surface area (TPSA) is 12.0 Å². The molecule has 20 heavy (non-hydrogen) atoms. The predicted octanol–water partition coefficient (Wildman–Crippen LogP) is 5.75. The highest BCUT2D eigenvalue weighted by Gasteiger charge is 2.13. The number of nitrogens with one attached hydrogen (secondary N) is 1. The Hall–Kier alpha value is -1.47. The van der Waals surface area contributed by atoms with Crippen LogP contribution in [0.15, 0.2) is 30.3 Å². The van der Waals surface area contributed by atoms with Crippen molar-refractivity contribution in [3.8, 4) is 0 Å². The molecule has 0 bridgehead atoms. The summed E-state index contributed by atoms with van der Waals surface area (Å²) in [5, 5.41) is 4.30. The standard InChI is InChI=1S/C18H22ClN/c1-11-6-7-17(16(19)10-11)20-15(5)18-13(3)8-12(2)9-14(18)4/h6-10,15,20H,1-5H3. The van der Waals surface area contributed by atoms with Gasteiger partial charge in [0.15, 0.2) is 0 Å². The quantitative estimate of drug-likeness (QED) is 0.758. The second-order valence-electron chi connectivity index (χ2n) is 5.66. The van der Waals surface area contributed by atoms with Gasteiger partial charge in [0.25, 0.3) is 0 Å². The Kier molecular flexibility index (Phi) is 4.39. The summed E-state index contributed by atoms with van der Waals surface area (Å²) in [6, 6.07) is 10.8. The molecule has 0 spiro atoms. The number of rotatable bonds is 3. The van der Waals surface area contributed by atoms with E-state index in [-0.39, 0.29) is 6.04 Å². The summed E-state index contributed by atoms with van der Waals surface area (Å²) in [6.07, 6.45) is 0. The van der Waals surface area contributed by atoms with E-state index in [4.69, 9.17) is 11.6 Å². The third-order valence-electron chi connectivity index (χ3n) is 3.67. The molecular formula is C18H22ClN. The molecule has 0 saturated heterocycles. The van der Waals surface area contributed by atoms with Crippen LogP contribution in [-0.4, -0.2) is 0 Å². The van der Waals surface area contributed by atoms with Gasteiger partial charge in [-0.1, -0.05) is 35.4 Å². The van der Waals surface area contributed by atoms with Crippen LogP contribution in [0, 0.1) is 27.7 Å². The summed E-state index contributed by atoms with van der Waals surface area (Å²) in [5.41, 5.74) is 7.48. The van der Waals surface area contributed by atoms with Gasteiger partial charge in [-0.2, -0.15) is 0 Å². The van der Waals surface area contributed by atoms with Gasteiger partial charge >= 0.3 is 0 Å². The van der Waals surface area contributed by atoms with Crippen molar-refractivity contribution in [2.24, 2.45) is 0 Å². The first-order chi connectivity index (χ1) is 9.38. The number of hydrogen-bond donors (Lipinski definition) is 1. The third-order valence-corrected chi connectivity index (χ3v) is 3.98. The molecule has 0 aliphatic carbocycles. The Labute approximate surface area is 127 Å². The van der Waals surface area contributed by atoms with Crippen LogP contribution in [0.25, 0.3) is 0 Å². The van der Waals surface area contributed by atoms with Crippen LogP contribution in [0.5, 0.6) is 0 Å². The molecule has 2 rings (SSSR count). The van der Waals surface area contributed by atoms with Crippen LogP contribution in [0.4, 0.5) is 5.69 Å². The van der Waals surface area contributed by atoms with E-state index in [2.05, 4.69) is 51.2 Å². The van der Waals surface area contributed by atoms with E-state index in [0.717, 1.165) is 10.7 Å². The largest absolute Gasteiger partial charge is 0.377 e. The Balaban J connectivity index is 2.31. The maximum atomic E-state index is 6.30. The number of anilines is 1. The van der Waals surface area contributed by atoms with Crippen molar-refractivity contribution < 1.29 is 0 Å². The molecule has 0 amide bonds. The average Bonchev–Trinajstić information content (AvgIpc) is 2.31. The van der Waals surface area contributed by atoms with Crippen molar-refractivity contribution in [3.05, 3.63) is 63.2 Å². The number of halogens is 1. The second-order valence-corrected chi connectivity index (χ2v) is 6.07. The van der Waals surface area contributed by atoms with E-state index in [1.54, 1.807) is 0 Å². The zero-order chi connectivity index (χ0) is 14.9. The Morgan fingerprint density at radius 1 is 0.900 bits per heavy atom. The van der Waals surface area contributed by atoms with Crippen LogP contribution in [0.1, 0.15) is 40.8 Å². The second kappa shape index (κ2) is 5.88. The molecule has 0 fully saturated rings. The number of aryl methyl sites for hydroxylation is 4. The van der Waals surface area contributed by atoms with Crippen molar-refractivity contribution in [3.63, 3.8) is 0 Å². The summed E-state index contributed by atoms with van der Waals surface area (Å²) in [5.74, 6) is 0. The van der Waals surface area contributed by atoms with Gasteiger partial charge in [0.2, 0.25) is 0 Å². The highest BCUT2D eigenvalue weighted by atomic mass is 35.5. The monoisotopic (exact) mass is 287 g/mol. The zero-order valence-electron chi connectivity index (χ0n) is 12.8. The van der Waals surface area contributed by atoms with E-state index >= 15 is 0 Å². The van der Waals surface area contributed by atoms with Crippen molar-refractivity contribution in [2.75, 3.05) is 5.32 Å². The molecule has 2 aromatic carbocycles. The molecule has 0 aliphatic rings. The maximum Gasteiger partial charge on any atom is 0.0640 e. The highest BCUT2D eigenvalue weighted by molar-refractivity contribution is 6.33. The lowest BCUT2D eigenvalue weighted by atomic mass is 9.94. The van der Waals surface area contributed by atoms with Crippen molar-refractivity contribution in [2.45, 2.75) is 40.7 Å². The van der Waals surface area contributed by atoms with E-state index in [1.165, 1.54) is 27.8 Å². The minimum Gasteiger partial charge on any atom is -0.377 e. The van der Waals surface area contributed by atoms with E-state index < -0.39 is 0 Å². The minimum absolute atomic E-state index is 0.232. The summed E-state index contributed by atoms with van der Waals surface area (Å²) in [6.45, 7) is 10.7. The van der Waals surface area contributed by atoms with E-state index in [9.17, 15) is 0 Å². The van der Waals surface area contributed by atoms with Crippen molar-refractivity contribution >= 4 is 17.3 Å². The van der Waals surface area contributed by atoms with E-state index in [1.807, 2.05) is 19.1 Å². The van der Waals surface area contributed by atoms with Crippen LogP contribution < -0.4 is 5.32 Å². The number of benzene rings is 2. The molecule has 0 aliphatic heterocycles. The van der Waals surface area contributed by atoms with Gasteiger partial charge in [-0.15, -0.1) is 0 Å². The first-order valence-electron chi connectivity index (χ1n) is 6.99. The molecule has 1 nitrogen and oxygen atoms in total. The first-order valence-corrected chi connectivity index (χ1v) is 7.36. The summed E-state index contributed by atoms with van der Waals surface area (Å²) < 4.78 is 0. The van der Waals surface area contributed by atoms with Crippen molar-refractivity contribution in [1.29, 1.82) is 0 Å². The average molecular weight is 288 g/mol. The summed E-state index contributed by atoms with van der Waals surface area (Å²) >= 11 is 6.30. The molecule has 1 unspecified atom stereocenters. The molecule has 1 N–H and O–H groups in total. The fourth-order valence-corrected chi connectivity index (χ4v) is 3.21. The smallest absolute Gasteiger partial charge is 0.0640 e. The van der Waals surface area contributed by atoms with Gasteiger partial charge in [-0.3, -0.25) is 0 Å². The van der Waals surface area contributed by atoms with Crippen LogP contribution >= 0.6 is 11.6 Å².